The van der Waals surface area contributed by atoms with Gasteiger partial charge in [0.15, 0.2) is 0 Å². The van der Waals surface area contributed by atoms with Gasteiger partial charge in [-0.15, -0.1) is 0 Å². The third-order valence-electron chi connectivity index (χ3n) is 1.78. The monoisotopic (exact) mass is 326 g/mol. The number of carbonyl (C=O) groups is 1. The van der Waals surface area contributed by atoms with E-state index in [1.54, 1.807) is 0 Å². The molecule has 1 rings (SSSR count). The lowest BCUT2D eigenvalue weighted by Crippen LogP contribution is -2.23. The lowest BCUT2D eigenvalue weighted by atomic mass is 10.3. The smallest absolute Gasteiger partial charge is 0.390 e. The van der Waals surface area contributed by atoms with Gasteiger partial charge in [0.05, 0.1) is 0 Å². The summed E-state index contributed by atoms with van der Waals surface area (Å²) in [6.07, 6.45) is 0. The summed E-state index contributed by atoms with van der Waals surface area (Å²) >= 11 is 11.2. The van der Waals surface area contributed by atoms with E-state index in [-0.39, 0.29) is 5.75 Å². The van der Waals surface area contributed by atoms with E-state index in [0.717, 1.165) is 0 Å². The molecule has 2 N–H and O–H groups in total. The minimum Gasteiger partial charge on any atom is -0.463 e. The first-order chi connectivity index (χ1) is 8.70. The summed E-state index contributed by atoms with van der Waals surface area (Å²) in [7, 11) is -4.71. The molecule has 1 unspecified atom stereocenters. The molecule has 0 aromatic heterocycles. The molecule has 6 nitrogen and oxygen atoms in total. The van der Waals surface area contributed by atoms with E-state index in [4.69, 9.17) is 37.7 Å². The highest BCUT2D eigenvalue weighted by molar-refractivity contribution is 7.56. The lowest BCUT2D eigenvalue weighted by Gasteiger charge is -2.13. The molecule has 0 spiro atoms. The molecule has 0 heterocycles. The van der Waals surface area contributed by atoms with Crippen LogP contribution in [0.5, 0.6) is 5.75 Å². The highest BCUT2D eigenvalue weighted by Gasteiger charge is 2.27. The number of alkyl halides is 1. The number of ether oxygens (including phenoxy) is 2. The average molecular weight is 327 g/mol. The molecule has 0 amide bonds. The van der Waals surface area contributed by atoms with Gasteiger partial charge in [-0.1, -0.05) is 23.2 Å². The quantitative estimate of drug-likeness (QED) is 0.373. The molecule has 1 atom stereocenters. The first kappa shape index (κ1) is 16.0. The van der Waals surface area contributed by atoms with Gasteiger partial charge in [0.2, 0.25) is 5.50 Å². The number of hydrogen-bond acceptors (Lipinski definition) is 4. The van der Waals surface area contributed by atoms with Gasteiger partial charge in [0, 0.05) is 5.02 Å². The number of halogens is 2. The Kier molecular flexibility index (Phi) is 5.40. The Morgan fingerprint density at radius 1 is 1.32 bits per heavy atom. The number of carbonyl (C=O) groups excluding carboxylic acids is 1. The molecule has 0 aliphatic heterocycles. The van der Waals surface area contributed by atoms with E-state index >= 15 is 0 Å². The standard InChI is InChI=1S/C10H9Cl2O6P/c1-6(19(14,15)16)17-10(13)9(12)18-8-4-2-7(11)3-5-8/h2-5,9H,1H2,(H2,14,15,16). The zero-order valence-corrected chi connectivity index (χ0v) is 11.7. The molecule has 1 aromatic carbocycles. The Labute approximate surface area is 118 Å². The maximum atomic E-state index is 11.4. The summed E-state index contributed by atoms with van der Waals surface area (Å²) < 4.78 is 20.0. The zero-order chi connectivity index (χ0) is 14.6. The molecule has 0 saturated carbocycles. The Bertz CT molecular complexity index is 523. The van der Waals surface area contributed by atoms with Gasteiger partial charge in [-0.2, -0.15) is 0 Å². The number of hydrogen-bond donors (Lipinski definition) is 2. The van der Waals surface area contributed by atoms with Crippen LogP contribution in [0.2, 0.25) is 5.02 Å². The van der Waals surface area contributed by atoms with Crippen LogP contribution < -0.4 is 4.74 Å². The number of esters is 1. The molecular weight excluding hydrogens is 318 g/mol. The van der Waals surface area contributed by atoms with Crippen molar-refractivity contribution in [3.63, 3.8) is 0 Å². The van der Waals surface area contributed by atoms with E-state index in [1.165, 1.54) is 24.3 Å². The fraction of sp³-hybridized carbons (Fsp3) is 0.100. The van der Waals surface area contributed by atoms with E-state index < -0.39 is 24.6 Å². The predicted octanol–water partition coefficient (Wildman–Crippen LogP) is 2.48. The summed E-state index contributed by atoms with van der Waals surface area (Å²) in [5, 5.41) is 0.468. The Morgan fingerprint density at radius 3 is 2.32 bits per heavy atom. The van der Waals surface area contributed by atoms with Gasteiger partial charge in [-0.25, -0.2) is 4.79 Å². The van der Waals surface area contributed by atoms with Crippen LogP contribution in [0.3, 0.4) is 0 Å². The molecular formula is C10H9Cl2O6P. The van der Waals surface area contributed by atoms with E-state index in [1.807, 2.05) is 0 Å². The average Bonchev–Trinajstić information content (AvgIpc) is 2.30. The maximum absolute atomic E-state index is 11.4. The van der Waals surface area contributed by atoms with Gasteiger partial charge < -0.3 is 19.3 Å². The second-order valence-electron chi connectivity index (χ2n) is 3.25. The van der Waals surface area contributed by atoms with Crippen LogP contribution in [0.1, 0.15) is 0 Å². The highest BCUT2D eigenvalue weighted by Crippen LogP contribution is 2.44. The van der Waals surface area contributed by atoms with Gasteiger partial charge in [-0.05, 0) is 30.8 Å². The van der Waals surface area contributed by atoms with Crippen molar-refractivity contribution in [1.29, 1.82) is 0 Å². The first-order valence-corrected chi connectivity index (χ1v) is 7.16. The molecule has 0 fully saturated rings. The van der Waals surface area contributed by atoms with E-state index in [2.05, 4.69) is 11.3 Å². The zero-order valence-electron chi connectivity index (χ0n) is 9.32. The van der Waals surface area contributed by atoms with Crippen LogP contribution in [-0.4, -0.2) is 21.3 Å². The Hall–Kier alpha value is -1.04. The first-order valence-electron chi connectivity index (χ1n) is 4.73. The lowest BCUT2D eigenvalue weighted by molar-refractivity contribution is -0.143. The summed E-state index contributed by atoms with van der Waals surface area (Å²) in [4.78, 5) is 28.7. The van der Waals surface area contributed by atoms with Gasteiger partial charge in [-0.3, -0.25) is 4.57 Å². The van der Waals surface area contributed by atoms with Crippen molar-refractivity contribution in [2.75, 3.05) is 0 Å². The topological polar surface area (TPSA) is 93.1 Å². The summed E-state index contributed by atoms with van der Waals surface area (Å²) in [5.74, 6) is -0.951. The van der Waals surface area contributed by atoms with Gasteiger partial charge in [0.1, 0.15) is 5.75 Å². The Morgan fingerprint density at radius 2 is 1.84 bits per heavy atom. The second kappa shape index (κ2) is 6.41. The molecule has 0 aliphatic rings. The van der Waals surface area contributed by atoms with E-state index in [9.17, 15) is 9.36 Å². The fourth-order valence-corrected chi connectivity index (χ4v) is 1.38. The van der Waals surface area contributed by atoms with Crippen molar-refractivity contribution in [2.24, 2.45) is 0 Å². The number of rotatable bonds is 5. The van der Waals surface area contributed by atoms with Crippen molar-refractivity contribution in [3.05, 3.63) is 41.4 Å². The van der Waals surface area contributed by atoms with Crippen LogP contribution in [0.4, 0.5) is 0 Å². The predicted molar refractivity (Wildman–Crippen MR) is 69.0 cm³/mol. The van der Waals surface area contributed by atoms with Crippen LogP contribution in [-0.2, 0) is 14.1 Å². The summed E-state index contributed by atoms with van der Waals surface area (Å²) in [6, 6.07) is 5.95. The second-order valence-corrected chi connectivity index (χ2v) is 5.67. The van der Waals surface area contributed by atoms with Crippen LogP contribution in [0.25, 0.3) is 0 Å². The van der Waals surface area contributed by atoms with Gasteiger partial charge in [0.25, 0.3) is 5.56 Å². The maximum Gasteiger partial charge on any atom is 0.390 e. The number of benzene rings is 1. The molecule has 0 radical (unpaired) electrons. The van der Waals surface area contributed by atoms with Crippen molar-refractivity contribution in [3.8, 4) is 5.75 Å². The molecule has 9 heteroatoms. The minimum atomic E-state index is -4.71. The van der Waals surface area contributed by atoms with Crippen molar-refractivity contribution < 1.29 is 28.6 Å². The molecule has 0 bridgehead atoms. The Balaban J connectivity index is 2.61. The minimum absolute atomic E-state index is 0.239. The third-order valence-corrected chi connectivity index (χ3v) is 3.04. The molecule has 0 aliphatic carbocycles. The fourth-order valence-electron chi connectivity index (χ4n) is 0.903. The van der Waals surface area contributed by atoms with Gasteiger partial charge >= 0.3 is 13.6 Å². The molecule has 1 aromatic rings. The highest BCUT2D eigenvalue weighted by atomic mass is 35.5. The van der Waals surface area contributed by atoms with Crippen LogP contribution >= 0.6 is 30.8 Å². The van der Waals surface area contributed by atoms with Crippen LogP contribution in [0, 0.1) is 0 Å². The largest absolute Gasteiger partial charge is 0.463 e. The summed E-state index contributed by atoms with van der Waals surface area (Å²) in [6.45, 7) is 2.93. The molecule has 0 saturated heterocycles. The van der Waals surface area contributed by atoms with Crippen molar-refractivity contribution >= 4 is 36.8 Å². The van der Waals surface area contributed by atoms with Crippen molar-refractivity contribution in [1.82, 2.24) is 0 Å². The third kappa shape index (κ3) is 5.22. The van der Waals surface area contributed by atoms with E-state index in [0.29, 0.717) is 5.02 Å². The normalized spacial score (nSPS) is 12.6. The SMILES string of the molecule is C=C(OC(=O)C(Cl)Oc1ccc(Cl)cc1)P(=O)(O)O. The van der Waals surface area contributed by atoms with Crippen molar-refractivity contribution in [2.45, 2.75) is 5.56 Å². The summed E-state index contributed by atoms with van der Waals surface area (Å²) in [5.41, 5.74) is -2.58. The molecule has 19 heavy (non-hydrogen) atoms. The molecule has 104 valence electrons. The van der Waals surface area contributed by atoms with Crippen LogP contribution in [0.15, 0.2) is 36.3 Å².